The molecule has 3 rings (SSSR count). The van der Waals surface area contributed by atoms with Gasteiger partial charge in [0.05, 0.1) is 27.7 Å². The summed E-state index contributed by atoms with van der Waals surface area (Å²) in [5.74, 6) is 0.0615. The first-order chi connectivity index (χ1) is 11.0. The van der Waals surface area contributed by atoms with Crippen molar-refractivity contribution in [1.29, 1.82) is 0 Å². The number of rotatable bonds is 2. The summed E-state index contributed by atoms with van der Waals surface area (Å²) in [6.07, 6.45) is 0. The molecule has 2 heterocycles. The zero-order chi connectivity index (χ0) is 16.6. The highest BCUT2D eigenvalue weighted by atomic mass is 35.5. The van der Waals surface area contributed by atoms with Gasteiger partial charge in [0.2, 0.25) is 0 Å². The van der Waals surface area contributed by atoms with Gasteiger partial charge in [0.25, 0.3) is 5.91 Å². The lowest BCUT2D eigenvalue weighted by Crippen LogP contribution is -2.47. The first-order valence-electron chi connectivity index (χ1n) is 7.78. The summed E-state index contributed by atoms with van der Waals surface area (Å²) < 4.78 is 1.76. The maximum Gasteiger partial charge on any atom is 0.257 e. The van der Waals surface area contributed by atoms with Crippen LogP contribution in [-0.4, -0.2) is 58.7 Å². The quantitative estimate of drug-likeness (QED) is 0.848. The Morgan fingerprint density at radius 3 is 2.43 bits per heavy atom. The lowest BCUT2D eigenvalue weighted by Gasteiger charge is -2.32. The van der Waals surface area contributed by atoms with Gasteiger partial charge in [-0.2, -0.15) is 5.10 Å². The van der Waals surface area contributed by atoms with Crippen molar-refractivity contribution in [2.24, 2.45) is 0 Å². The summed E-state index contributed by atoms with van der Waals surface area (Å²) in [6.45, 7) is 7.12. The number of piperazine rings is 1. The molecule has 1 aliphatic rings. The second kappa shape index (κ2) is 6.34. The second-order valence-electron chi connectivity index (χ2n) is 6.00. The van der Waals surface area contributed by atoms with Gasteiger partial charge in [-0.1, -0.05) is 23.7 Å². The fraction of sp³-hybridized carbons (Fsp3) is 0.412. The van der Waals surface area contributed by atoms with Gasteiger partial charge in [-0.05, 0) is 33.0 Å². The highest BCUT2D eigenvalue weighted by Crippen LogP contribution is 2.24. The molecular formula is C17H21ClN4O. The van der Waals surface area contributed by atoms with Crippen molar-refractivity contribution in [3.63, 3.8) is 0 Å². The molecule has 1 fully saturated rings. The molecule has 0 saturated carbocycles. The third-order valence-corrected chi connectivity index (χ3v) is 4.70. The molecule has 0 atom stereocenters. The smallest absolute Gasteiger partial charge is 0.257 e. The molecule has 5 nitrogen and oxygen atoms in total. The minimum atomic E-state index is 0.0615. The third-order valence-electron chi connectivity index (χ3n) is 4.38. The van der Waals surface area contributed by atoms with Crippen molar-refractivity contribution in [2.45, 2.75) is 13.8 Å². The molecule has 1 aromatic heterocycles. The van der Waals surface area contributed by atoms with Gasteiger partial charge in [-0.3, -0.25) is 4.79 Å². The average molecular weight is 333 g/mol. The van der Waals surface area contributed by atoms with E-state index in [2.05, 4.69) is 17.0 Å². The molecule has 0 spiro atoms. The van der Waals surface area contributed by atoms with Crippen LogP contribution in [0.1, 0.15) is 21.7 Å². The van der Waals surface area contributed by atoms with Crippen LogP contribution < -0.4 is 0 Å². The van der Waals surface area contributed by atoms with Gasteiger partial charge >= 0.3 is 0 Å². The van der Waals surface area contributed by atoms with Gasteiger partial charge in [0.15, 0.2) is 0 Å². The van der Waals surface area contributed by atoms with E-state index >= 15 is 0 Å². The number of aryl methyl sites for hydroxylation is 1. The number of hydrogen-bond acceptors (Lipinski definition) is 3. The van der Waals surface area contributed by atoms with E-state index in [4.69, 9.17) is 11.6 Å². The zero-order valence-electron chi connectivity index (χ0n) is 13.7. The third kappa shape index (κ3) is 2.99. The molecule has 0 aliphatic carbocycles. The molecule has 2 aromatic rings. The Kier molecular flexibility index (Phi) is 4.41. The zero-order valence-corrected chi connectivity index (χ0v) is 14.5. The number of amides is 1. The summed E-state index contributed by atoms with van der Waals surface area (Å²) in [7, 11) is 2.08. The number of likely N-dealkylation sites (N-methyl/N-ethyl adjacent to an activating group) is 1. The van der Waals surface area contributed by atoms with Crippen LogP contribution in [0.3, 0.4) is 0 Å². The highest BCUT2D eigenvalue weighted by Gasteiger charge is 2.26. The standard InChI is InChI=1S/C17H21ClN4O/c1-12-16(17(23)21-10-8-20(3)9-11-21)13(2)22(19-12)15-7-5-4-6-14(15)18/h4-7H,8-11H2,1-3H3. The number of nitrogens with zero attached hydrogens (tertiary/aromatic N) is 4. The normalized spacial score (nSPS) is 15.9. The van der Waals surface area contributed by atoms with Gasteiger partial charge in [0, 0.05) is 26.2 Å². The Labute approximate surface area is 141 Å². The number of carbonyl (C=O) groups is 1. The van der Waals surface area contributed by atoms with Crippen LogP contribution in [0.25, 0.3) is 5.69 Å². The molecule has 6 heteroatoms. The number of hydrogen-bond donors (Lipinski definition) is 0. The molecule has 0 N–H and O–H groups in total. The molecule has 1 amide bonds. The largest absolute Gasteiger partial charge is 0.336 e. The predicted molar refractivity (Wildman–Crippen MR) is 91.4 cm³/mol. The molecule has 1 aliphatic heterocycles. The molecule has 1 saturated heterocycles. The summed E-state index contributed by atoms with van der Waals surface area (Å²) in [6, 6.07) is 7.54. The monoisotopic (exact) mass is 332 g/mol. The van der Waals surface area contributed by atoms with E-state index in [1.165, 1.54) is 0 Å². The average Bonchev–Trinajstić information content (AvgIpc) is 2.82. The molecular weight excluding hydrogens is 312 g/mol. The molecule has 1 aromatic carbocycles. The van der Waals surface area contributed by atoms with E-state index < -0.39 is 0 Å². The van der Waals surface area contributed by atoms with E-state index in [9.17, 15) is 4.79 Å². The Morgan fingerprint density at radius 1 is 1.13 bits per heavy atom. The van der Waals surface area contributed by atoms with E-state index in [0.29, 0.717) is 10.6 Å². The van der Waals surface area contributed by atoms with Crippen molar-refractivity contribution in [3.8, 4) is 5.69 Å². The van der Waals surface area contributed by atoms with Gasteiger partial charge < -0.3 is 9.80 Å². The second-order valence-corrected chi connectivity index (χ2v) is 6.41. The van der Waals surface area contributed by atoms with Gasteiger partial charge in [0.1, 0.15) is 0 Å². The minimum absolute atomic E-state index is 0.0615. The van der Waals surface area contributed by atoms with Crippen molar-refractivity contribution in [1.82, 2.24) is 19.6 Å². The Morgan fingerprint density at radius 2 is 1.78 bits per heavy atom. The first kappa shape index (κ1) is 16.0. The van der Waals surface area contributed by atoms with Gasteiger partial charge in [-0.15, -0.1) is 0 Å². The molecule has 0 unspecified atom stereocenters. The predicted octanol–water partition coefficient (Wildman–Crippen LogP) is 2.53. The highest BCUT2D eigenvalue weighted by molar-refractivity contribution is 6.32. The van der Waals surface area contributed by atoms with Crippen molar-refractivity contribution >= 4 is 17.5 Å². The van der Waals surface area contributed by atoms with Crippen LogP contribution in [0.2, 0.25) is 5.02 Å². The first-order valence-corrected chi connectivity index (χ1v) is 8.15. The summed E-state index contributed by atoms with van der Waals surface area (Å²) in [5.41, 5.74) is 3.06. The van der Waals surface area contributed by atoms with Crippen molar-refractivity contribution < 1.29 is 4.79 Å². The fourth-order valence-corrected chi connectivity index (χ4v) is 3.19. The Bertz CT molecular complexity index is 732. The van der Waals surface area contributed by atoms with Crippen LogP contribution in [0, 0.1) is 13.8 Å². The van der Waals surface area contributed by atoms with Crippen molar-refractivity contribution in [2.75, 3.05) is 33.2 Å². The number of para-hydroxylation sites is 1. The summed E-state index contributed by atoms with van der Waals surface area (Å²) >= 11 is 6.27. The van der Waals surface area contributed by atoms with E-state index in [0.717, 1.165) is 43.3 Å². The molecule has 0 radical (unpaired) electrons. The molecule has 0 bridgehead atoms. The molecule has 122 valence electrons. The van der Waals surface area contributed by atoms with Crippen LogP contribution in [-0.2, 0) is 0 Å². The lowest BCUT2D eigenvalue weighted by molar-refractivity contribution is 0.0662. The summed E-state index contributed by atoms with van der Waals surface area (Å²) in [4.78, 5) is 17.0. The van der Waals surface area contributed by atoms with Crippen LogP contribution in [0.4, 0.5) is 0 Å². The van der Waals surface area contributed by atoms with Crippen LogP contribution in [0.5, 0.6) is 0 Å². The van der Waals surface area contributed by atoms with E-state index in [1.807, 2.05) is 43.0 Å². The maximum atomic E-state index is 12.9. The minimum Gasteiger partial charge on any atom is -0.336 e. The van der Waals surface area contributed by atoms with Gasteiger partial charge in [-0.25, -0.2) is 4.68 Å². The fourth-order valence-electron chi connectivity index (χ4n) is 2.98. The van der Waals surface area contributed by atoms with Crippen LogP contribution in [0.15, 0.2) is 24.3 Å². The number of carbonyl (C=O) groups excluding carboxylic acids is 1. The number of benzene rings is 1. The Balaban J connectivity index is 1.95. The maximum absolute atomic E-state index is 12.9. The van der Waals surface area contributed by atoms with E-state index in [-0.39, 0.29) is 5.91 Å². The summed E-state index contributed by atoms with van der Waals surface area (Å²) in [5, 5.41) is 5.17. The lowest BCUT2D eigenvalue weighted by atomic mass is 10.1. The van der Waals surface area contributed by atoms with Crippen LogP contribution >= 0.6 is 11.6 Å². The number of halogens is 1. The topological polar surface area (TPSA) is 41.4 Å². The van der Waals surface area contributed by atoms with Crippen molar-refractivity contribution in [3.05, 3.63) is 46.2 Å². The number of aromatic nitrogens is 2. The Hall–Kier alpha value is -1.85. The SMILES string of the molecule is Cc1nn(-c2ccccc2Cl)c(C)c1C(=O)N1CCN(C)CC1. The van der Waals surface area contributed by atoms with E-state index in [1.54, 1.807) is 4.68 Å². The molecule has 23 heavy (non-hydrogen) atoms.